The summed E-state index contributed by atoms with van der Waals surface area (Å²) in [6.45, 7) is 0. The van der Waals surface area contributed by atoms with Crippen molar-refractivity contribution in [1.29, 1.82) is 0 Å². The van der Waals surface area contributed by atoms with E-state index in [1.165, 1.54) is 0 Å². The van der Waals surface area contributed by atoms with E-state index in [2.05, 4.69) is 0 Å². The van der Waals surface area contributed by atoms with Crippen LogP contribution in [0.25, 0.3) is 0 Å². The van der Waals surface area contributed by atoms with Crippen LogP contribution < -0.4 is 0 Å². The maximum absolute atomic E-state index is 8.63. The molecule has 0 amide bonds. The van der Waals surface area contributed by atoms with Crippen LogP contribution in [0.2, 0.25) is 0 Å². The van der Waals surface area contributed by atoms with Crippen LogP contribution in [-0.2, 0) is 53.5 Å². The summed E-state index contributed by atoms with van der Waals surface area (Å²) in [7, 11) is -10.1. The van der Waals surface area contributed by atoms with Gasteiger partial charge in [-0.2, -0.15) is 0 Å². The summed E-state index contributed by atoms with van der Waals surface area (Å²) in [5.74, 6) is 0. The third-order valence-corrected chi connectivity index (χ3v) is 0. The Morgan fingerprint density at radius 2 is 0.909 bits per heavy atom. The molecule has 0 unspecified atom stereocenters. The zero-order valence-corrected chi connectivity index (χ0v) is 9.17. The van der Waals surface area contributed by atoms with Crippen LogP contribution >= 0.6 is 0 Å². The molecule has 0 fully saturated rings. The second-order valence-corrected chi connectivity index (χ2v) is 2.51. The molecule has 0 aromatic heterocycles. The van der Waals surface area contributed by atoms with E-state index in [1.807, 2.05) is 0 Å². The van der Waals surface area contributed by atoms with Crippen LogP contribution in [0.1, 0.15) is 0 Å². The Bertz CT molecular complexity index is 208. The molecule has 0 aliphatic carbocycles. The molecule has 0 saturated carbocycles. The summed E-state index contributed by atoms with van der Waals surface area (Å²) < 4.78 is 66.9. The van der Waals surface area contributed by atoms with Gasteiger partial charge in [0.15, 0.2) is 0 Å². The fourth-order valence-corrected chi connectivity index (χ4v) is 0. The minimum Gasteiger partial charge on any atom is -0.759 e. The Morgan fingerprint density at radius 3 is 0.909 bits per heavy atom. The predicted octanol–water partition coefficient (Wildman–Crippen LogP) is -2.34. The second-order valence-electron chi connectivity index (χ2n) is 0.836. The first kappa shape index (κ1) is 17.8. The number of hydrogen-bond acceptors (Lipinski definition) is 7. The van der Waals surface area contributed by atoms with Crippen LogP contribution in [0.3, 0.4) is 0 Å². The first-order chi connectivity index (χ1) is 4.00. The van der Waals surface area contributed by atoms with Crippen molar-refractivity contribution in [2.24, 2.45) is 0 Å². The minimum atomic E-state index is -5.17. The van der Waals surface area contributed by atoms with Crippen molar-refractivity contribution in [2.75, 3.05) is 0 Å². The molecule has 0 rings (SSSR count). The second kappa shape index (κ2) is 6.37. The molecule has 0 heterocycles. The monoisotopic (exact) mass is 282 g/mol. The normalized spacial score (nSPS) is 10.5. The molecule has 0 bridgehead atoms. The molecule has 64 valence electrons. The van der Waals surface area contributed by atoms with Crippen molar-refractivity contribution >= 4 is 20.8 Å². The fourth-order valence-electron chi connectivity index (χ4n) is 0. The Hall–Kier alpha value is 0.844. The maximum atomic E-state index is 8.63. The van der Waals surface area contributed by atoms with Gasteiger partial charge in [-0.1, -0.05) is 0 Å². The molecule has 1 N–H and O–H groups in total. The Kier molecular flexibility index (Phi) is 10.3. The van der Waals surface area contributed by atoms with Crippen molar-refractivity contribution < 1.29 is 67.8 Å². The average Bonchev–Trinajstić information content (AvgIpc) is 1.12. The summed E-state index contributed by atoms with van der Waals surface area (Å²) in [6.07, 6.45) is 0. The molecule has 0 aliphatic rings. The van der Waals surface area contributed by atoms with E-state index in [-0.39, 0.29) is 32.7 Å². The van der Waals surface area contributed by atoms with Gasteiger partial charge in [-0.3, -0.25) is 13.0 Å². The van der Waals surface area contributed by atoms with E-state index in [9.17, 15) is 0 Å². The van der Waals surface area contributed by atoms with Crippen molar-refractivity contribution in [2.45, 2.75) is 0 Å². The maximum Gasteiger partial charge on any atom is 3.00 e. The zero-order valence-electron chi connectivity index (χ0n) is 4.70. The Morgan fingerprint density at radius 1 is 0.909 bits per heavy atom. The average molecular weight is 282 g/mol. The molecular formula is HO8S2Y. The standard InChI is InChI=1S/2H2O4S.Y/c2*1-5(2,3)4;/h2*(H2,1,2,3,4);/q;;+3/p-3. The summed E-state index contributed by atoms with van der Waals surface area (Å²) in [5.41, 5.74) is 0. The number of rotatable bonds is 0. The van der Waals surface area contributed by atoms with Crippen LogP contribution in [0.15, 0.2) is 0 Å². The van der Waals surface area contributed by atoms with Gasteiger partial charge in [0.25, 0.3) is 0 Å². The van der Waals surface area contributed by atoms with Crippen molar-refractivity contribution in [1.82, 2.24) is 0 Å². The summed E-state index contributed by atoms with van der Waals surface area (Å²) >= 11 is 0. The predicted molar refractivity (Wildman–Crippen MR) is 22.8 cm³/mol. The van der Waals surface area contributed by atoms with Crippen LogP contribution in [0.4, 0.5) is 0 Å². The first-order valence-electron chi connectivity index (χ1n) is 1.35. The molecule has 0 aromatic rings. The van der Waals surface area contributed by atoms with E-state index in [0.29, 0.717) is 0 Å². The molecular weight excluding hydrogens is 281 g/mol. The van der Waals surface area contributed by atoms with E-state index in [1.54, 1.807) is 0 Å². The van der Waals surface area contributed by atoms with Gasteiger partial charge in [0.05, 0.1) is 0 Å². The molecule has 11 heteroatoms. The summed E-state index contributed by atoms with van der Waals surface area (Å²) in [4.78, 5) is 0. The van der Waals surface area contributed by atoms with E-state index < -0.39 is 20.8 Å². The van der Waals surface area contributed by atoms with Crippen molar-refractivity contribution in [3.05, 3.63) is 0 Å². The molecule has 0 spiro atoms. The third-order valence-electron chi connectivity index (χ3n) is 0. The fraction of sp³-hybridized carbons (Fsp3) is 0. The summed E-state index contributed by atoms with van der Waals surface area (Å²) in [5, 5.41) is 0. The van der Waals surface area contributed by atoms with Crippen LogP contribution in [0, 0.1) is 0 Å². The van der Waals surface area contributed by atoms with Crippen molar-refractivity contribution in [3.63, 3.8) is 0 Å². The third kappa shape index (κ3) is 1190. The molecule has 0 saturated heterocycles. The van der Waals surface area contributed by atoms with Gasteiger partial charge >= 0.3 is 32.7 Å². The van der Waals surface area contributed by atoms with Crippen molar-refractivity contribution in [3.8, 4) is 0 Å². The number of hydrogen-bond donors (Lipinski definition) is 1. The van der Waals surface area contributed by atoms with Gasteiger partial charge in [-0.05, 0) is 0 Å². The smallest absolute Gasteiger partial charge is 0.759 e. The van der Waals surface area contributed by atoms with Gasteiger partial charge in [0, 0.05) is 10.4 Å². The minimum absolute atomic E-state index is 0. The SMILES string of the molecule is O=S(=O)([O-])O.O=S(=O)([O-])[O-].[Y+3]. The van der Waals surface area contributed by atoms with E-state index in [0.717, 1.165) is 0 Å². The molecule has 0 radical (unpaired) electrons. The van der Waals surface area contributed by atoms with Gasteiger partial charge < -0.3 is 13.7 Å². The topological polar surface area (TPSA) is 158 Å². The molecule has 0 aliphatic heterocycles. The Balaban J connectivity index is -0.000000107. The first-order valence-corrected chi connectivity index (χ1v) is 4.05. The van der Waals surface area contributed by atoms with Gasteiger partial charge in [-0.15, -0.1) is 0 Å². The molecule has 0 atom stereocenters. The van der Waals surface area contributed by atoms with Crippen LogP contribution in [0.5, 0.6) is 0 Å². The quantitative estimate of drug-likeness (QED) is 0.382. The van der Waals surface area contributed by atoms with Crippen LogP contribution in [-0.4, -0.2) is 35.0 Å². The molecule has 8 nitrogen and oxygen atoms in total. The molecule has 11 heavy (non-hydrogen) atoms. The van der Waals surface area contributed by atoms with Gasteiger partial charge in [0.1, 0.15) is 0 Å². The molecule has 0 aromatic carbocycles. The Labute approximate surface area is 88.0 Å². The summed E-state index contributed by atoms with van der Waals surface area (Å²) in [6, 6.07) is 0. The zero-order chi connectivity index (χ0) is 9.00. The van der Waals surface area contributed by atoms with Gasteiger partial charge in [0.2, 0.25) is 10.4 Å². The van der Waals surface area contributed by atoms with E-state index in [4.69, 9.17) is 35.0 Å². The largest absolute Gasteiger partial charge is 3.00 e. The van der Waals surface area contributed by atoms with Gasteiger partial charge in [-0.25, -0.2) is 8.42 Å². The van der Waals surface area contributed by atoms with E-state index >= 15 is 0 Å².